The van der Waals surface area contributed by atoms with Gasteiger partial charge in [0.2, 0.25) is 0 Å². The summed E-state index contributed by atoms with van der Waals surface area (Å²) in [6, 6.07) is 0. The van der Waals surface area contributed by atoms with Gasteiger partial charge in [-0.15, -0.1) is 0 Å². The number of hydrogen-bond acceptors (Lipinski definition) is 6. The Balaban J connectivity index is 1.33. The second-order valence-electron chi connectivity index (χ2n) is 7.59. The molecule has 2 saturated carbocycles. The van der Waals surface area contributed by atoms with E-state index in [1.807, 2.05) is 0 Å². The fourth-order valence-electron chi connectivity index (χ4n) is 4.12. The lowest BCUT2D eigenvalue weighted by molar-refractivity contribution is -0.149. The molecule has 0 radical (unpaired) electrons. The molecular formula is C20H26O6. The van der Waals surface area contributed by atoms with Crippen LogP contribution in [-0.4, -0.2) is 36.4 Å². The van der Waals surface area contributed by atoms with E-state index in [4.69, 9.17) is 18.9 Å². The smallest absolute Gasteiger partial charge is 0.314 e. The minimum Gasteiger partial charge on any atom is -0.423 e. The zero-order valence-electron chi connectivity index (χ0n) is 15.3. The van der Waals surface area contributed by atoms with Crippen LogP contribution in [0.25, 0.3) is 0 Å². The second kappa shape index (κ2) is 7.16. The van der Waals surface area contributed by atoms with Gasteiger partial charge in [0.05, 0.1) is 36.3 Å². The maximum Gasteiger partial charge on any atom is 0.314 e. The largest absolute Gasteiger partial charge is 0.423 e. The molecule has 2 saturated heterocycles. The van der Waals surface area contributed by atoms with E-state index in [0.717, 1.165) is 38.5 Å². The summed E-state index contributed by atoms with van der Waals surface area (Å²) in [5.41, 5.74) is 0. The van der Waals surface area contributed by atoms with Gasteiger partial charge in [-0.05, 0) is 64.5 Å². The Morgan fingerprint density at radius 2 is 1.15 bits per heavy atom. The molecule has 2 aliphatic carbocycles. The van der Waals surface area contributed by atoms with E-state index in [9.17, 15) is 9.59 Å². The molecule has 6 nitrogen and oxygen atoms in total. The molecule has 0 N–H and O–H groups in total. The van der Waals surface area contributed by atoms with Crippen molar-refractivity contribution in [2.75, 3.05) is 0 Å². The Kier molecular flexibility index (Phi) is 4.88. The first-order valence-electron chi connectivity index (χ1n) is 9.66. The van der Waals surface area contributed by atoms with Crippen molar-refractivity contribution in [1.82, 2.24) is 0 Å². The lowest BCUT2D eigenvalue weighted by Crippen LogP contribution is -2.26. The van der Waals surface area contributed by atoms with Crippen LogP contribution < -0.4 is 0 Å². The fraction of sp³-hybridized carbons (Fsp3) is 0.700. The van der Waals surface area contributed by atoms with Crippen molar-refractivity contribution in [3.05, 3.63) is 23.7 Å². The molecule has 6 atom stereocenters. The van der Waals surface area contributed by atoms with Crippen LogP contribution in [0.2, 0.25) is 0 Å². The van der Waals surface area contributed by atoms with E-state index in [1.165, 1.54) is 0 Å². The number of epoxide rings is 2. The quantitative estimate of drug-likeness (QED) is 0.324. The number of rotatable bonds is 5. The Morgan fingerprint density at radius 3 is 1.50 bits per heavy atom. The monoisotopic (exact) mass is 362 g/mol. The van der Waals surface area contributed by atoms with E-state index in [2.05, 4.69) is 0 Å². The van der Waals surface area contributed by atoms with Gasteiger partial charge in [-0.1, -0.05) is 0 Å². The van der Waals surface area contributed by atoms with E-state index in [-0.39, 0.29) is 36.0 Å². The van der Waals surface area contributed by atoms with Crippen LogP contribution in [0.4, 0.5) is 0 Å². The van der Waals surface area contributed by atoms with Gasteiger partial charge in [-0.3, -0.25) is 9.59 Å². The summed E-state index contributed by atoms with van der Waals surface area (Å²) in [5.74, 6) is -0.222. The van der Waals surface area contributed by atoms with Gasteiger partial charge in [-0.25, -0.2) is 0 Å². The third-order valence-electron chi connectivity index (χ3n) is 5.86. The van der Waals surface area contributed by atoms with Crippen LogP contribution in [0.1, 0.15) is 52.4 Å². The van der Waals surface area contributed by atoms with Gasteiger partial charge >= 0.3 is 11.9 Å². The molecule has 6 heteroatoms. The average Bonchev–Trinajstić information content (AvgIpc) is 3.56. The summed E-state index contributed by atoms with van der Waals surface area (Å²) in [6.45, 7) is 3.54. The molecule has 0 amide bonds. The Hall–Kier alpha value is -1.66. The number of fused-ring (bicyclic) bond motifs is 2. The molecule has 0 aromatic rings. The molecule has 4 rings (SSSR count). The van der Waals surface area contributed by atoms with Gasteiger partial charge in [0.25, 0.3) is 0 Å². The van der Waals surface area contributed by atoms with Crippen molar-refractivity contribution >= 4 is 11.9 Å². The summed E-state index contributed by atoms with van der Waals surface area (Å²) in [4.78, 5) is 25.0. The molecule has 0 bridgehead atoms. The van der Waals surface area contributed by atoms with Crippen LogP contribution >= 0.6 is 0 Å². The standard InChI is InChI=1S/C20H26O6/c1-3-13(25-19(21)11-5-7-15-17(9-11)23-15)14(4-2)26-20(22)12-6-8-16-18(10-12)24-16/h3-4,11-12,15-18H,5-10H2,1-2H3. The van der Waals surface area contributed by atoms with Crippen LogP contribution in [0.3, 0.4) is 0 Å². The van der Waals surface area contributed by atoms with Crippen LogP contribution in [-0.2, 0) is 28.5 Å². The van der Waals surface area contributed by atoms with Crippen molar-refractivity contribution in [2.45, 2.75) is 76.8 Å². The molecule has 4 fully saturated rings. The van der Waals surface area contributed by atoms with E-state index >= 15 is 0 Å². The highest BCUT2D eigenvalue weighted by Gasteiger charge is 2.47. The first-order chi connectivity index (χ1) is 12.6. The van der Waals surface area contributed by atoms with Gasteiger partial charge < -0.3 is 18.9 Å². The topological polar surface area (TPSA) is 77.7 Å². The highest BCUT2D eigenvalue weighted by Crippen LogP contribution is 2.41. The van der Waals surface area contributed by atoms with Gasteiger partial charge in [0, 0.05) is 0 Å². The Morgan fingerprint density at radius 1 is 0.731 bits per heavy atom. The zero-order chi connectivity index (χ0) is 18.3. The van der Waals surface area contributed by atoms with Gasteiger partial charge in [0.1, 0.15) is 0 Å². The zero-order valence-corrected chi connectivity index (χ0v) is 15.3. The molecule has 2 aliphatic heterocycles. The Bertz CT molecular complexity index is 595. The molecule has 0 aromatic heterocycles. The maximum atomic E-state index is 12.5. The van der Waals surface area contributed by atoms with Crippen molar-refractivity contribution in [2.24, 2.45) is 11.8 Å². The predicted octanol–water partition coefficient (Wildman–Crippen LogP) is 3.02. The van der Waals surface area contributed by atoms with Crippen LogP contribution in [0, 0.1) is 11.8 Å². The number of esters is 2. The Labute approximate surface area is 153 Å². The summed E-state index contributed by atoms with van der Waals surface area (Å²) in [5, 5.41) is 0. The van der Waals surface area contributed by atoms with Crippen molar-refractivity contribution < 1.29 is 28.5 Å². The van der Waals surface area contributed by atoms with Crippen LogP contribution in [0.15, 0.2) is 23.7 Å². The minimum atomic E-state index is -0.269. The van der Waals surface area contributed by atoms with Crippen molar-refractivity contribution in [1.29, 1.82) is 0 Å². The fourth-order valence-corrected chi connectivity index (χ4v) is 4.12. The normalized spacial score (nSPS) is 38.7. The summed E-state index contributed by atoms with van der Waals surface area (Å²) in [6.07, 6.45) is 9.28. The molecule has 142 valence electrons. The lowest BCUT2D eigenvalue weighted by Gasteiger charge is -2.21. The molecule has 4 aliphatic rings. The van der Waals surface area contributed by atoms with Crippen molar-refractivity contribution in [3.8, 4) is 0 Å². The third kappa shape index (κ3) is 3.71. The number of hydrogen-bond donors (Lipinski definition) is 0. The van der Waals surface area contributed by atoms with E-state index < -0.39 is 0 Å². The van der Waals surface area contributed by atoms with Crippen molar-refractivity contribution in [3.63, 3.8) is 0 Å². The molecular weight excluding hydrogens is 336 g/mol. The highest BCUT2D eigenvalue weighted by atomic mass is 16.6. The van der Waals surface area contributed by atoms with Crippen LogP contribution in [0.5, 0.6) is 0 Å². The third-order valence-corrected chi connectivity index (χ3v) is 5.86. The molecule has 2 heterocycles. The molecule has 0 spiro atoms. The molecule has 6 unspecified atom stereocenters. The first kappa shape index (κ1) is 17.7. The number of allylic oxidation sites excluding steroid dienone is 2. The summed E-state index contributed by atoms with van der Waals surface area (Å²) >= 11 is 0. The van der Waals surface area contributed by atoms with Gasteiger partial charge in [-0.2, -0.15) is 0 Å². The van der Waals surface area contributed by atoms with E-state index in [1.54, 1.807) is 26.0 Å². The summed E-state index contributed by atoms with van der Waals surface area (Å²) in [7, 11) is 0. The maximum absolute atomic E-state index is 12.5. The first-order valence-corrected chi connectivity index (χ1v) is 9.66. The SMILES string of the molecule is CC=C(OC(=O)C1CCC2OC2C1)C(=CC)OC(=O)C1CCC2OC2C1. The van der Waals surface area contributed by atoms with Gasteiger partial charge in [0.15, 0.2) is 11.5 Å². The predicted molar refractivity (Wildman–Crippen MR) is 91.7 cm³/mol. The molecule has 0 aromatic carbocycles. The lowest BCUT2D eigenvalue weighted by atomic mass is 9.89. The number of carbonyl (C=O) groups excluding carboxylic acids is 2. The minimum absolute atomic E-state index is 0.148. The highest BCUT2D eigenvalue weighted by molar-refractivity contribution is 5.76. The van der Waals surface area contributed by atoms with E-state index in [0.29, 0.717) is 23.7 Å². The summed E-state index contributed by atoms with van der Waals surface area (Å²) < 4.78 is 22.1. The second-order valence-corrected chi connectivity index (χ2v) is 7.59. The molecule has 26 heavy (non-hydrogen) atoms. The number of ether oxygens (including phenoxy) is 4. The average molecular weight is 362 g/mol. The number of carbonyl (C=O) groups is 2.